The van der Waals surface area contributed by atoms with Crippen LogP contribution in [0.5, 0.6) is 0 Å². The van der Waals surface area contributed by atoms with Crippen molar-refractivity contribution in [1.82, 2.24) is 15.1 Å². The largest absolute Gasteiger partial charge is 0.333 e. The monoisotopic (exact) mass is 224 g/mol. The molecular formula is C9H12N4OS. The number of nitrogens with zero attached hydrogens (tertiary/aromatic N) is 3. The van der Waals surface area contributed by atoms with Crippen molar-refractivity contribution in [3.8, 4) is 10.8 Å². The molecule has 2 aromatic heterocycles. The van der Waals surface area contributed by atoms with Crippen LogP contribution in [-0.2, 0) is 0 Å². The van der Waals surface area contributed by atoms with Gasteiger partial charge in [-0.25, -0.2) is 0 Å². The van der Waals surface area contributed by atoms with Crippen molar-refractivity contribution in [2.75, 3.05) is 0 Å². The second kappa shape index (κ2) is 4.50. The summed E-state index contributed by atoms with van der Waals surface area (Å²) in [4.78, 5) is 9.06. The van der Waals surface area contributed by atoms with Crippen LogP contribution in [0.4, 0.5) is 0 Å². The highest BCUT2D eigenvalue weighted by atomic mass is 32.1. The minimum Gasteiger partial charge on any atom is -0.333 e. The van der Waals surface area contributed by atoms with Gasteiger partial charge in [0, 0.05) is 0 Å². The number of aromatic nitrogens is 3. The Morgan fingerprint density at radius 1 is 1.60 bits per heavy atom. The van der Waals surface area contributed by atoms with E-state index in [2.05, 4.69) is 22.0 Å². The normalized spacial score (nSPS) is 12.9. The molecule has 2 heterocycles. The number of thiazole rings is 1. The molecular weight excluding hydrogens is 212 g/mol. The van der Waals surface area contributed by atoms with Gasteiger partial charge in [0.15, 0.2) is 5.82 Å². The lowest BCUT2D eigenvalue weighted by Gasteiger charge is -2.02. The molecule has 0 fully saturated rings. The summed E-state index contributed by atoms with van der Waals surface area (Å²) in [5.74, 6) is 1.07. The van der Waals surface area contributed by atoms with Gasteiger partial charge in [0.05, 0.1) is 17.7 Å². The Bertz CT molecular complexity index is 411. The van der Waals surface area contributed by atoms with Gasteiger partial charge >= 0.3 is 0 Å². The smallest absolute Gasteiger partial charge is 0.269 e. The van der Waals surface area contributed by atoms with Gasteiger partial charge in [-0.1, -0.05) is 18.5 Å². The molecule has 0 saturated carbocycles. The molecule has 15 heavy (non-hydrogen) atoms. The zero-order valence-electron chi connectivity index (χ0n) is 8.38. The predicted molar refractivity (Wildman–Crippen MR) is 57.2 cm³/mol. The van der Waals surface area contributed by atoms with Crippen LogP contribution in [0.15, 0.2) is 16.2 Å². The van der Waals surface area contributed by atoms with Crippen molar-refractivity contribution in [3.05, 3.63) is 17.5 Å². The van der Waals surface area contributed by atoms with Gasteiger partial charge in [0.25, 0.3) is 5.89 Å². The molecule has 6 heteroatoms. The minimum atomic E-state index is -0.138. The van der Waals surface area contributed by atoms with Crippen molar-refractivity contribution >= 4 is 11.3 Å². The summed E-state index contributed by atoms with van der Waals surface area (Å²) < 4.78 is 5.11. The Hall–Kier alpha value is -1.27. The topological polar surface area (TPSA) is 77.8 Å². The molecule has 0 saturated heterocycles. The van der Waals surface area contributed by atoms with E-state index in [1.807, 2.05) is 0 Å². The molecule has 0 aliphatic rings. The Balaban J connectivity index is 2.17. The molecule has 5 nitrogen and oxygen atoms in total. The van der Waals surface area contributed by atoms with Crippen LogP contribution in [0.25, 0.3) is 10.8 Å². The van der Waals surface area contributed by atoms with E-state index in [0.29, 0.717) is 11.7 Å². The van der Waals surface area contributed by atoms with Gasteiger partial charge in [-0.2, -0.15) is 4.98 Å². The van der Waals surface area contributed by atoms with E-state index >= 15 is 0 Å². The van der Waals surface area contributed by atoms with Crippen LogP contribution in [0.3, 0.4) is 0 Å². The lowest BCUT2D eigenvalue weighted by atomic mass is 10.2. The molecule has 2 N–H and O–H groups in total. The molecule has 1 unspecified atom stereocenters. The molecule has 0 radical (unpaired) electrons. The molecule has 0 aromatic carbocycles. The van der Waals surface area contributed by atoms with E-state index in [-0.39, 0.29) is 6.04 Å². The summed E-state index contributed by atoms with van der Waals surface area (Å²) in [6, 6.07) is -0.138. The van der Waals surface area contributed by atoms with Gasteiger partial charge < -0.3 is 10.3 Å². The van der Waals surface area contributed by atoms with Crippen molar-refractivity contribution < 1.29 is 4.52 Å². The van der Waals surface area contributed by atoms with E-state index < -0.39 is 0 Å². The van der Waals surface area contributed by atoms with Crippen molar-refractivity contribution in [3.63, 3.8) is 0 Å². The van der Waals surface area contributed by atoms with E-state index in [1.54, 1.807) is 11.7 Å². The summed E-state index contributed by atoms with van der Waals surface area (Å²) in [5, 5.41) is 3.86. The van der Waals surface area contributed by atoms with E-state index in [4.69, 9.17) is 10.3 Å². The zero-order chi connectivity index (χ0) is 10.7. The first-order valence-electron chi connectivity index (χ1n) is 4.79. The fraction of sp³-hybridized carbons (Fsp3) is 0.444. The molecule has 2 rings (SSSR count). The number of hydrogen-bond acceptors (Lipinski definition) is 6. The van der Waals surface area contributed by atoms with Gasteiger partial charge in [-0.3, -0.25) is 4.98 Å². The standard InChI is InChI=1S/C9H12N4OS/c1-2-3-6(10)8-12-9(14-13-8)7-4-11-5-15-7/h4-6H,2-3,10H2,1H3. The van der Waals surface area contributed by atoms with Gasteiger partial charge in [-0.15, -0.1) is 11.3 Å². The highest BCUT2D eigenvalue weighted by molar-refractivity contribution is 7.13. The number of nitrogens with two attached hydrogens (primary N) is 1. The lowest BCUT2D eigenvalue weighted by Crippen LogP contribution is -2.11. The van der Waals surface area contributed by atoms with Crippen molar-refractivity contribution in [1.29, 1.82) is 0 Å². The molecule has 0 aliphatic carbocycles. The van der Waals surface area contributed by atoms with E-state index in [0.717, 1.165) is 17.7 Å². The van der Waals surface area contributed by atoms with Crippen LogP contribution in [0.1, 0.15) is 31.6 Å². The van der Waals surface area contributed by atoms with Gasteiger partial charge in [0.2, 0.25) is 0 Å². The lowest BCUT2D eigenvalue weighted by molar-refractivity contribution is 0.414. The maximum absolute atomic E-state index is 5.88. The minimum absolute atomic E-state index is 0.138. The fourth-order valence-electron chi connectivity index (χ4n) is 1.25. The van der Waals surface area contributed by atoms with Crippen molar-refractivity contribution in [2.24, 2.45) is 5.73 Å². The summed E-state index contributed by atoms with van der Waals surface area (Å²) in [7, 11) is 0. The second-order valence-corrected chi connectivity index (χ2v) is 4.10. The third kappa shape index (κ3) is 2.21. The van der Waals surface area contributed by atoms with Crippen LogP contribution in [0, 0.1) is 0 Å². The first-order valence-corrected chi connectivity index (χ1v) is 5.67. The van der Waals surface area contributed by atoms with Crippen LogP contribution < -0.4 is 5.73 Å². The maximum Gasteiger partial charge on any atom is 0.269 e. The molecule has 1 atom stereocenters. The van der Waals surface area contributed by atoms with E-state index in [1.165, 1.54) is 11.3 Å². The fourth-order valence-corrected chi connectivity index (χ4v) is 1.79. The first-order chi connectivity index (χ1) is 7.31. The zero-order valence-corrected chi connectivity index (χ0v) is 9.20. The third-order valence-corrected chi connectivity index (χ3v) is 2.78. The highest BCUT2D eigenvalue weighted by Crippen LogP contribution is 2.22. The van der Waals surface area contributed by atoms with Crippen LogP contribution >= 0.6 is 11.3 Å². The average molecular weight is 224 g/mol. The second-order valence-electron chi connectivity index (χ2n) is 3.22. The molecule has 0 bridgehead atoms. The SMILES string of the molecule is CCCC(N)c1noc(-c2cncs2)n1. The summed E-state index contributed by atoms with van der Waals surface area (Å²) in [5.41, 5.74) is 7.60. The van der Waals surface area contributed by atoms with E-state index in [9.17, 15) is 0 Å². The Morgan fingerprint density at radius 2 is 2.47 bits per heavy atom. The average Bonchev–Trinajstić information content (AvgIpc) is 2.89. The first kappa shape index (κ1) is 10.3. The number of rotatable bonds is 4. The summed E-state index contributed by atoms with van der Waals surface area (Å²) in [6.07, 6.45) is 3.57. The summed E-state index contributed by atoms with van der Waals surface area (Å²) >= 11 is 1.47. The molecule has 0 aliphatic heterocycles. The maximum atomic E-state index is 5.88. The molecule has 80 valence electrons. The number of hydrogen-bond donors (Lipinski definition) is 1. The third-order valence-electron chi connectivity index (χ3n) is 2.02. The van der Waals surface area contributed by atoms with Gasteiger partial charge in [0.1, 0.15) is 4.88 Å². The van der Waals surface area contributed by atoms with Crippen molar-refractivity contribution in [2.45, 2.75) is 25.8 Å². The predicted octanol–water partition coefficient (Wildman–Crippen LogP) is 1.99. The molecule has 2 aromatic rings. The van der Waals surface area contributed by atoms with Gasteiger partial charge in [-0.05, 0) is 6.42 Å². The molecule has 0 spiro atoms. The quantitative estimate of drug-likeness (QED) is 0.859. The Kier molecular flexibility index (Phi) is 3.08. The Morgan fingerprint density at radius 3 is 3.13 bits per heavy atom. The Labute approximate surface area is 91.3 Å². The molecule has 0 amide bonds. The van der Waals surface area contributed by atoms with Crippen LogP contribution in [-0.4, -0.2) is 15.1 Å². The highest BCUT2D eigenvalue weighted by Gasteiger charge is 2.15. The van der Waals surface area contributed by atoms with Crippen LogP contribution in [0.2, 0.25) is 0 Å². The summed E-state index contributed by atoms with van der Waals surface area (Å²) in [6.45, 7) is 2.07.